The molecule has 0 atom stereocenters. The maximum atomic E-state index is 11.3. The highest BCUT2D eigenvalue weighted by Crippen LogP contribution is 2.27. The number of phenolic OH excluding ortho intramolecular Hbond substituents is 1. The zero-order valence-electron chi connectivity index (χ0n) is 9.42. The summed E-state index contributed by atoms with van der Waals surface area (Å²) in [5, 5.41) is 9.17. The lowest BCUT2D eigenvalue weighted by Crippen LogP contribution is -2.29. The minimum Gasteiger partial charge on any atom is -0.508 e. The molecule has 2 rings (SSSR count). The summed E-state index contributed by atoms with van der Waals surface area (Å²) in [6.07, 6.45) is 0. The summed E-state index contributed by atoms with van der Waals surface area (Å²) in [5.74, 6) is 5.85. The fraction of sp³-hybridized carbons (Fsp3) is 0.0833. The van der Waals surface area contributed by atoms with Crippen molar-refractivity contribution in [2.45, 2.75) is 10.6 Å². The summed E-state index contributed by atoms with van der Waals surface area (Å²) in [6.45, 7) is 0. The molecule has 1 aromatic heterocycles. The van der Waals surface area contributed by atoms with Crippen LogP contribution in [0.4, 0.5) is 0 Å². The highest BCUT2D eigenvalue weighted by Gasteiger charge is 2.07. The Bertz CT molecular complexity index is 537. The van der Waals surface area contributed by atoms with Crippen LogP contribution in [0.15, 0.2) is 41.3 Å². The van der Waals surface area contributed by atoms with Crippen molar-refractivity contribution in [1.82, 2.24) is 5.43 Å². The summed E-state index contributed by atoms with van der Waals surface area (Å²) in [5.41, 5.74) is 2.11. The topological polar surface area (TPSA) is 75.3 Å². The maximum absolute atomic E-state index is 11.3. The predicted molar refractivity (Wildman–Crippen MR) is 73.6 cm³/mol. The molecule has 0 spiro atoms. The molecule has 0 aliphatic heterocycles. The Morgan fingerprint density at radius 3 is 2.67 bits per heavy atom. The van der Waals surface area contributed by atoms with E-state index in [2.05, 4.69) is 5.43 Å². The number of benzene rings is 1. The van der Waals surface area contributed by atoms with Crippen molar-refractivity contribution in [3.05, 3.63) is 46.2 Å². The number of hydrogen-bond acceptors (Lipinski definition) is 5. The first-order chi connectivity index (χ1) is 8.69. The summed E-state index contributed by atoms with van der Waals surface area (Å²) < 4.78 is 0. The Morgan fingerprint density at radius 1 is 1.28 bits per heavy atom. The molecule has 1 amide bonds. The van der Waals surface area contributed by atoms with Gasteiger partial charge in [-0.1, -0.05) is 0 Å². The number of nitrogen functional groups attached to an aromatic ring is 1. The van der Waals surface area contributed by atoms with Crippen LogP contribution in [-0.4, -0.2) is 11.0 Å². The number of nitrogens with two attached hydrogens (primary N) is 1. The fourth-order valence-electron chi connectivity index (χ4n) is 1.35. The minimum atomic E-state index is -0.263. The third-order valence-electron chi connectivity index (χ3n) is 2.23. The van der Waals surface area contributed by atoms with Crippen LogP contribution in [0.25, 0.3) is 0 Å². The Balaban J connectivity index is 1.96. The number of carbonyl (C=O) groups is 1. The van der Waals surface area contributed by atoms with E-state index in [9.17, 15) is 9.90 Å². The van der Waals surface area contributed by atoms with Gasteiger partial charge in [0.05, 0.1) is 4.88 Å². The number of amides is 1. The van der Waals surface area contributed by atoms with E-state index in [4.69, 9.17) is 5.84 Å². The average Bonchev–Trinajstić information content (AvgIpc) is 2.86. The third-order valence-corrected chi connectivity index (χ3v) is 4.56. The molecule has 0 aliphatic rings. The predicted octanol–water partition coefficient (Wildman–Crippen LogP) is 2.35. The Hall–Kier alpha value is -1.50. The van der Waals surface area contributed by atoms with Crippen LogP contribution in [0.1, 0.15) is 14.5 Å². The lowest BCUT2D eigenvalue weighted by Gasteiger charge is -1.99. The number of thioether (sulfide) groups is 1. The van der Waals surface area contributed by atoms with Crippen LogP contribution in [-0.2, 0) is 5.75 Å². The van der Waals surface area contributed by atoms with Gasteiger partial charge in [0.15, 0.2) is 0 Å². The molecule has 1 aromatic carbocycles. The number of phenols is 1. The monoisotopic (exact) mass is 280 g/mol. The second-order valence-corrected chi connectivity index (χ2v) is 5.74. The average molecular weight is 280 g/mol. The summed E-state index contributed by atoms with van der Waals surface area (Å²) >= 11 is 3.08. The third kappa shape index (κ3) is 3.25. The van der Waals surface area contributed by atoms with Crippen molar-refractivity contribution in [2.24, 2.45) is 5.84 Å². The SMILES string of the molecule is NNC(=O)c1ccc(CSc2ccc(O)cc2)s1. The number of hydrazine groups is 1. The number of nitrogens with one attached hydrogen (secondary N) is 1. The number of carbonyl (C=O) groups excluding carboxylic acids is 1. The van der Waals surface area contributed by atoms with Gasteiger partial charge in [-0.3, -0.25) is 10.2 Å². The van der Waals surface area contributed by atoms with E-state index >= 15 is 0 Å². The largest absolute Gasteiger partial charge is 0.508 e. The van der Waals surface area contributed by atoms with Crippen molar-refractivity contribution < 1.29 is 9.90 Å². The van der Waals surface area contributed by atoms with E-state index in [1.807, 2.05) is 18.2 Å². The smallest absolute Gasteiger partial charge is 0.275 e. The van der Waals surface area contributed by atoms with Crippen molar-refractivity contribution in [3.8, 4) is 5.75 Å². The van der Waals surface area contributed by atoms with Crippen molar-refractivity contribution in [3.63, 3.8) is 0 Å². The molecule has 18 heavy (non-hydrogen) atoms. The first-order valence-corrected chi connectivity index (χ1v) is 7.01. The number of aromatic hydroxyl groups is 1. The first-order valence-electron chi connectivity index (χ1n) is 5.20. The highest BCUT2D eigenvalue weighted by atomic mass is 32.2. The van der Waals surface area contributed by atoms with E-state index < -0.39 is 0 Å². The quantitative estimate of drug-likeness (QED) is 0.348. The van der Waals surface area contributed by atoms with Crippen molar-refractivity contribution in [2.75, 3.05) is 0 Å². The van der Waals surface area contributed by atoms with E-state index in [0.717, 1.165) is 15.5 Å². The second-order valence-electron chi connectivity index (χ2n) is 3.52. The van der Waals surface area contributed by atoms with Crippen molar-refractivity contribution >= 4 is 29.0 Å². The molecule has 0 saturated heterocycles. The van der Waals surface area contributed by atoms with E-state index in [0.29, 0.717) is 4.88 Å². The molecule has 1 heterocycles. The Labute approximate surface area is 113 Å². The lowest BCUT2D eigenvalue weighted by molar-refractivity contribution is 0.0957. The zero-order valence-corrected chi connectivity index (χ0v) is 11.1. The van der Waals surface area contributed by atoms with Crippen molar-refractivity contribution in [1.29, 1.82) is 0 Å². The molecule has 0 aliphatic carbocycles. The Morgan fingerprint density at radius 2 is 2.00 bits per heavy atom. The van der Waals surface area contributed by atoms with Crippen LogP contribution in [0.2, 0.25) is 0 Å². The molecule has 0 radical (unpaired) electrons. The standard InChI is InChI=1S/C12H12N2O2S2/c13-14-12(16)11-6-5-10(18-11)7-17-9-3-1-8(15)2-4-9/h1-6,15H,7,13H2,(H,14,16). The van der Waals surface area contributed by atoms with Gasteiger partial charge in [-0.15, -0.1) is 23.1 Å². The Kier molecular flexibility index (Phi) is 4.24. The first kappa shape index (κ1) is 12.9. The fourth-order valence-corrected chi connectivity index (χ4v) is 3.20. The lowest BCUT2D eigenvalue weighted by atomic mass is 10.3. The molecule has 4 nitrogen and oxygen atoms in total. The normalized spacial score (nSPS) is 10.3. The van der Waals surface area contributed by atoms with Crippen LogP contribution in [0, 0.1) is 0 Å². The van der Waals surface area contributed by atoms with Gasteiger partial charge >= 0.3 is 0 Å². The molecule has 2 aromatic rings. The van der Waals surface area contributed by atoms with Gasteiger partial charge in [0, 0.05) is 15.5 Å². The molecular weight excluding hydrogens is 268 g/mol. The van der Waals surface area contributed by atoms with Gasteiger partial charge in [0.2, 0.25) is 0 Å². The highest BCUT2D eigenvalue weighted by molar-refractivity contribution is 7.98. The molecule has 0 saturated carbocycles. The zero-order chi connectivity index (χ0) is 13.0. The van der Waals surface area contributed by atoms with Crippen LogP contribution in [0.5, 0.6) is 5.75 Å². The molecule has 0 bridgehead atoms. The molecule has 0 fully saturated rings. The van der Waals surface area contributed by atoms with E-state index in [-0.39, 0.29) is 11.7 Å². The molecule has 4 N–H and O–H groups in total. The summed E-state index contributed by atoms with van der Waals surface area (Å²) in [6, 6.07) is 10.7. The van der Waals surface area contributed by atoms with Gasteiger partial charge in [0.25, 0.3) is 5.91 Å². The van der Waals surface area contributed by atoms with Crippen LogP contribution < -0.4 is 11.3 Å². The van der Waals surface area contributed by atoms with Crippen LogP contribution >= 0.6 is 23.1 Å². The van der Waals surface area contributed by atoms with E-state index in [1.165, 1.54) is 11.3 Å². The van der Waals surface area contributed by atoms with Gasteiger partial charge in [0.1, 0.15) is 5.75 Å². The summed E-state index contributed by atoms with van der Waals surface area (Å²) in [4.78, 5) is 14.1. The number of thiophene rings is 1. The molecule has 0 unspecified atom stereocenters. The van der Waals surface area contributed by atoms with E-state index in [1.54, 1.807) is 30.0 Å². The molecular formula is C12H12N2O2S2. The summed E-state index contributed by atoms with van der Waals surface area (Å²) in [7, 11) is 0. The van der Waals surface area contributed by atoms with Gasteiger partial charge in [-0.25, -0.2) is 5.84 Å². The molecule has 94 valence electrons. The van der Waals surface area contributed by atoms with Gasteiger partial charge < -0.3 is 5.11 Å². The minimum absolute atomic E-state index is 0.261. The van der Waals surface area contributed by atoms with Gasteiger partial charge in [-0.2, -0.15) is 0 Å². The number of hydrogen-bond donors (Lipinski definition) is 3. The second kappa shape index (κ2) is 5.90. The van der Waals surface area contributed by atoms with Gasteiger partial charge in [-0.05, 0) is 36.4 Å². The maximum Gasteiger partial charge on any atom is 0.275 e. The number of rotatable bonds is 4. The van der Waals surface area contributed by atoms with Crippen LogP contribution in [0.3, 0.4) is 0 Å². The molecule has 6 heteroatoms.